The van der Waals surface area contributed by atoms with E-state index >= 15 is 0 Å². The number of aromatic hydroxyl groups is 1. The fourth-order valence-electron chi connectivity index (χ4n) is 2.25. The van der Waals surface area contributed by atoms with Crippen molar-refractivity contribution in [3.8, 4) is 5.75 Å². The lowest BCUT2D eigenvalue weighted by atomic mass is 10.1. The lowest BCUT2D eigenvalue weighted by molar-refractivity contribution is -0.117. The maximum absolute atomic E-state index is 11.8. The van der Waals surface area contributed by atoms with Crippen LogP contribution in [0.5, 0.6) is 5.75 Å². The minimum absolute atomic E-state index is 0.0553. The minimum atomic E-state index is -0.695. The van der Waals surface area contributed by atoms with Gasteiger partial charge in [0.05, 0.1) is 12.1 Å². The number of phenols is 1. The SMILES string of the molecule is CCc1ccccn1.NC(=O)CNC(=O)c1cc(=O)c2cccc(O)c2[nH]1. The summed E-state index contributed by atoms with van der Waals surface area (Å²) in [4.78, 5) is 40.8. The predicted molar refractivity (Wildman–Crippen MR) is 101 cm³/mol. The number of H-pyrrole nitrogens is 1. The van der Waals surface area contributed by atoms with Gasteiger partial charge >= 0.3 is 0 Å². The lowest BCUT2D eigenvalue weighted by Crippen LogP contribution is -2.34. The third kappa shape index (κ3) is 5.40. The summed E-state index contributed by atoms with van der Waals surface area (Å²) in [5, 5.41) is 12.2. The van der Waals surface area contributed by atoms with Gasteiger partial charge in [0.15, 0.2) is 5.43 Å². The van der Waals surface area contributed by atoms with Gasteiger partial charge in [-0.05, 0) is 30.7 Å². The van der Waals surface area contributed by atoms with Crippen molar-refractivity contribution in [1.82, 2.24) is 15.3 Å². The number of rotatable bonds is 4. The van der Waals surface area contributed by atoms with Crippen molar-refractivity contribution < 1.29 is 14.7 Å². The predicted octanol–water partition coefficient (Wildman–Crippen LogP) is 1.09. The highest BCUT2D eigenvalue weighted by molar-refractivity contribution is 5.97. The van der Waals surface area contributed by atoms with Crippen LogP contribution in [0.3, 0.4) is 0 Å². The Balaban J connectivity index is 0.000000273. The van der Waals surface area contributed by atoms with Crippen molar-refractivity contribution in [3.63, 3.8) is 0 Å². The number of para-hydroxylation sites is 1. The second-order valence-electron chi connectivity index (χ2n) is 5.57. The zero-order chi connectivity index (χ0) is 19.8. The number of carbonyl (C=O) groups is 2. The van der Waals surface area contributed by atoms with Gasteiger partial charge in [0.25, 0.3) is 5.91 Å². The van der Waals surface area contributed by atoms with Crippen molar-refractivity contribution in [3.05, 3.63) is 70.3 Å². The van der Waals surface area contributed by atoms with Crippen molar-refractivity contribution in [2.75, 3.05) is 6.54 Å². The normalized spacial score (nSPS) is 9.96. The first kappa shape index (κ1) is 19.6. The number of aryl methyl sites for hydroxylation is 1. The highest BCUT2D eigenvalue weighted by Gasteiger charge is 2.11. The third-order valence-electron chi connectivity index (χ3n) is 3.60. The van der Waals surface area contributed by atoms with Gasteiger partial charge in [-0.2, -0.15) is 0 Å². The molecule has 3 rings (SSSR count). The summed E-state index contributed by atoms with van der Waals surface area (Å²) in [5.74, 6) is -1.49. The van der Waals surface area contributed by atoms with E-state index in [1.54, 1.807) is 0 Å². The summed E-state index contributed by atoms with van der Waals surface area (Å²) in [6.07, 6.45) is 2.85. The van der Waals surface area contributed by atoms with Crippen molar-refractivity contribution in [2.24, 2.45) is 5.73 Å². The van der Waals surface area contributed by atoms with Crippen LogP contribution in [0.15, 0.2) is 53.5 Å². The van der Waals surface area contributed by atoms with Crippen LogP contribution in [0.1, 0.15) is 23.1 Å². The number of amides is 2. The number of benzene rings is 1. The van der Waals surface area contributed by atoms with Gasteiger partial charge < -0.3 is 21.1 Å². The van der Waals surface area contributed by atoms with Gasteiger partial charge in [-0.1, -0.05) is 19.1 Å². The number of nitrogens with one attached hydrogen (secondary N) is 2. The molecule has 0 fully saturated rings. The largest absolute Gasteiger partial charge is 0.506 e. The maximum Gasteiger partial charge on any atom is 0.268 e. The lowest BCUT2D eigenvalue weighted by Gasteiger charge is -2.05. The number of nitrogens with zero attached hydrogens (tertiary/aromatic N) is 1. The molecule has 0 saturated carbocycles. The first-order valence-electron chi connectivity index (χ1n) is 8.23. The molecule has 0 bridgehead atoms. The molecule has 2 amide bonds. The van der Waals surface area contributed by atoms with Crippen LogP contribution >= 0.6 is 0 Å². The Morgan fingerprint density at radius 2 is 2.00 bits per heavy atom. The molecular formula is C19H20N4O4. The monoisotopic (exact) mass is 368 g/mol. The molecule has 0 aliphatic heterocycles. The zero-order valence-electron chi connectivity index (χ0n) is 14.7. The summed E-state index contributed by atoms with van der Waals surface area (Å²) in [6.45, 7) is 1.77. The number of pyridine rings is 2. The summed E-state index contributed by atoms with van der Waals surface area (Å²) in [5.41, 5.74) is 5.76. The first-order valence-corrected chi connectivity index (χ1v) is 8.23. The van der Waals surface area contributed by atoms with E-state index in [1.807, 2.05) is 24.4 Å². The van der Waals surface area contributed by atoms with Crippen molar-refractivity contribution in [2.45, 2.75) is 13.3 Å². The van der Waals surface area contributed by atoms with E-state index in [2.05, 4.69) is 22.2 Å². The fraction of sp³-hybridized carbons (Fsp3) is 0.158. The molecule has 8 nitrogen and oxygen atoms in total. The van der Waals surface area contributed by atoms with Crippen LogP contribution in [0.2, 0.25) is 0 Å². The van der Waals surface area contributed by atoms with Crippen molar-refractivity contribution >= 4 is 22.7 Å². The zero-order valence-corrected chi connectivity index (χ0v) is 14.7. The Morgan fingerprint density at radius 3 is 2.59 bits per heavy atom. The number of aromatic nitrogens is 2. The number of aromatic amines is 1. The van der Waals surface area contributed by atoms with Crippen LogP contribution in [0.25, 0.3) is 10.9 Å². The summed E-state index contributed by atoms with van der Waals surface area (Å²) in [7, 11) is 0. The molecule has 0 radical (unpaired) electrons. The van der Waals surface area contributed by atoms with Crippen molar-refractivity contribution in [1.29, 1.82) is 0 Å². The summed E-state index contributed by atoms with van der Waals surface area (Å²) in [6, 6.07) is 11.5. The van der Waals surface area contributed by atoms with Crippen LogP contribution in [0.4, 0.5) is 0 Å². The summed E-state index contributed by atoms with van der Waals surface area (Å²) >= 11 is 0. The van der Waals surface area contributed by atoms with E-state index in [9.17, 15) is 19.5 Å². The third-order valence-corrected chi connectivity index (χ3v) is 3.60. The second kappa shape index (κ2) is 9.14. The number of carbonyl (C=O) groups excluding carboxylic acids is 2. The molecule has 3 aromatic rings. The van der Waals surface area contributed by atoms with Gasteiger partial charge in [0.2, 0.25) is 5.91 Å². The fourth-order valence-corrected chi connectivity index (χ4v) is 2.25. The number of hydrogen-bond acceptors (Lipinski definition) is 5. The standard InChI is InChI=1S/C12H11N3O4.C7H9N/c13-10(18)5-14-12(19)7-4-9(17)6-2-1-3-8(16)11(6)15-7;1-2-7-5-3-4-6-8-7/h1-4,16H,5H2,(H2,13,18)(H,14,19)(H,15,17);3-6H,2H2,1H3. The van der Waals surface area contributed by atoms with E-state index in [0.717, 1.165) is 18.2 Å². The van der Waals surface area contributed by atoms with E-state index in [4.69, 9.17) is 5.73 Å². The molecule has 0 unspecified atom stereocenters. The van der Waals surface area contributed by atoms with Crippen LogP contribution in [-0.4, -0.2) is 33.4 Å². The Bertz CT molecular complexity index is 1000. The average Bonchev–Trinajstić information content (AvgIpc) is 2.68. The Morgan fingerprint density at radius 1 is 1.22 bits per heavy atom. The van der Waals surface area contributed by atoms with Gasteiger partial charge in [-0.3, -0.25) is 19.4 Å². The maximum atomic E-state index is 11.8. The Hall–Kier alpha value is -3.68. The first-order chi connectivity index (χ1) is 12.9. The topological polar surface area (TPSA) is 138 Å². The molecule has 0 aliphatic carbocycles. The Kier molecular flexibility index (Phi) is 6.65. The quantitative estimate of drug-likeness (QED) is 0.546. The molecule has 1 aromatic carbocycles. The highest BCUT2D eigenvalue weighted by Crippen LogP contribution is 2.19. The number of hydrogen-bond donors (Lipinski definition) is 4. The van der Waals surface area contributed by atoms with Gasteiger partial charge in [-0.15, -0.1) is 0 Å². The molecule has 0 aliphatic rings. The molecule has 2 heterocycles. The molecular weight excluding hydrogens is 348 g/mol. The van der Waals surface area contributed by atoms with Crippen LogP contribution in [-0.2, 0) is 11.2 Å². The number of primary amides is 1. The van der Waals surface area contributed by atoms with Gasteiger partial charge in [0, 0.05) is 23.3 Å². The Labute approximate surface area is 155 Å². The molecule has 2 aromatic heterocycles. The molecule has 0 spiro atoms. The molecule has 27 heavy (non-hydrogen) atoms. The molecule has 8 heteroatoms. The highest BCUT2D eigenvalue weighted by atomic mass is 16.3. The molecule has 140 valence electrons. The van der Waals surface area contributed by atoms with Crippen LogP contribution in [0, 0.1) is 0 Å². The van der Waals surface area contributed by atoms with Gasteiger partial charge in [0.1, 0.15) is 11.4 Å². The van der Waals surface area contributed by atoms with E-state index in [-0.39, 0.29) is 28.9 Å². The van der Waals surface area contributed by atoms with E-state index in [0.29, 0.717) is 0 Å². The average molecular weight is 368 g/mol. The molecule has 5 N–H and O–H groups in total. The minimum Gasteiger partial charge on any atom is -0.506 e. The number of fused-ring (bicyclic) bond motifs is 1. The van der Waals surface area contributed by atoms with Gasteiger partial charge in [-0.25, -0.2) is 0 Å². The molecule has 0 atom stereocenters. The number of nitrogens with two attached hydrogens (primary N) is 1. The van der Waals surface area contributed by atoms with E-state index in [1.165, 1.54) is 18.2 Å². The van der Waals surface area contributed by atoms with E-state index < -0.39 is 17.2 Å². The molecule has 0 saturated heterocycles. The summed E-state index contributed by atoms with van der Waals surface area (Å²) < 4.78 is 0. The number of phenolic OH excluding ortho intramolecular Hbond substituents is 1. The second-order valence-corrected chi connectivity index (χ2v) is 5.57. The smallest absolute Gasteiger partial charge is 0.268 e. The van der Waals surface area contributed by atoms with Crippen LogP contribution < -0.4 is 16.5 Å².